The number of aliphatic carboxylic acids is 1. The molecule has 4 heteroatoms. The van der Waals surface area contributed by atoms with Crippen molar-refractivity contribution in [3.8, 4) is 0 Å². The first kappa shape index (κ1) is 10.2. The lowest BCUT2D eigenvalue weighted by Gasteiger charge is -2.14. The summed E-state index contributed by atoms with van der Waals surface area (Å²) in [5, 5.41) is 12.2. The van der Waals surface area contributed by atoms with Crippen LogP contribution in [0.2, 0.25) is 0 Å². The highest BCUT2D eigenvalue weighted by Gasteiger charge is 2.35. The highest BCUT2D eigenvalue weighted by Crippen LogP contribution is 2.31. The van der Waals surface area contributed by atoms with Crippen LogP contribution in [0.3, 0.4) is 0 Å². The number of carboxylic acids is 1. The van der Waals surface area contributed by atoms with Crippen molar-refractivity contribution in [2.45, 2.75) is 19.3 Å². The van der Waals surface area contributed by atoms with E-state index in [0.29, 0.717) is 6.54 Å². The second-order valence-electron chi connectivity index (χ2n) is 3.86. The van der Waals surface area contributed by atoms with Gasteiger partial charge in [0.1, 0.15) is 5.76 Å². The third-order valence-corrected chi connectivity index (χ3v) is 3.03. The predicted molar refractivity (Wildman–Crippen MR) is 54.8 cm³/mol. The standard InChI is InChI=1S/C11H15NO3/c1-2-10-7(3-4-15-10)8-5-12-6-9(8)11(13)14/h3-4,8-9,12H,2,5-6H2,1H3,(H,13,14). The van der Waals surface area contributed by atoms with Gasteiger partial charge in [-0.05, 0) is 11.6 Å². The summed E-state index contributed by atoms with van der Waals surface area (Å²) in [6.07, 6.45) is 2.45. The molecule has 15 heavy (non-hydrogen) atoms. The number of carboxylic acid groups (broad SMARTS) is 1. The van der Waals surface area contributed by atoms with E-state index in [0.717, 1.165) is 24.3 Å². The van der Waals surface area contributed by atoms with Crippen LogP contribution in [-0.4, -0.2) is 24.2 Å². The van der Waals surface area contributed by atoms with Crippen LogP contribution in [0.25, 0.3) is 0 Å². The summed E-state index contributed by atoms with van der Waals surface area (Å²) in [4.78, 5) is 11.0. The zero-order valence-corrected chi connectivity index (χ0v) is 8.69. The minimum Gasteiger partial charge on any atom is -0.481 e. The van der Waals surface area contributed by atoms with E-state index < -0.39 is 5.97 Å². The van der Waals surface area contributed by atoms with E-state index >= 15 is 0 Å². The van der Waals surface area contributed by atoms with Crippen LogP contribution in [0.5, 0.6) is 0 Å². The fourth-order valence-corrected chi connectivity index (χ4v) is 2.23. The van der Waals surface area contributed by atoms with Crippen molar-refractivity contribution >= 4 is 5.97 Å². The first-order chi connectivity index (χ1) is 7.24. The molecule has 1 fully saturated rings. The Morgan fingerprint density at radius 2 is 2.47 bits per heavy atom. The number of furan rings is 1. The van der Waals surface area contributed by atoms with Crippen LogP contribution < -0.4 is 5.32 Å². The monoisotopic (exact) mass is 209 g/mol. The molecule has 0 aliphatic carbocycles. The number of rotatable bonds is 3. The maximum absolute atomic E-state index is 11.0. The smallest absolute Gasteiger partial charge is 0.308 e. The van der Waals surface area contributed by atoms with Crippen molar-refractivity contribution in [3.63, 3.8) is 0 Å². The molecule has 2 atom stereocenters. The van der Waals surface area contributed by atoms with Crippen LogP contribution in [0.15, 0.2) is 16.7 Å². The van der Waals surface area contributed by atoms with Crippen molar-refractivity contribution < 1.29 is 14.3 Å². The average Bonchev–Trinajstić information content (AvgIpc) is 2.85. The summed E-state index contributed by atoms with van der Waals surface area (Å²) >= 11 is 0. The Bertz CT molecular complexity index is 358. The van der Waals surface area contributed by atoms with Crippen LogP contribution in [-0.2, 0) is 11.2 Å². The van der Waals surface area contributed by atoms with Gasteiger partial charge in [-0.15, -0.1) is 0 Å². The first-order valence-electron chi connectivity index (χ1n) is 5.23. The average molecular weight is 209 g/mol. The van der Waals surface area contributed by atoms with E-state index in [9.17, 15) is 4.79 Å². The minimum absolute atomic E-state index is 0.0520. The summed E-state index contributed by atoms with van der Waals surface area (Å²) in [5.74, 6) is -0.0905. The Balaban J connectivity index is 2.26. The third kappa shape index (κ3) is 1.77. The van der Waals surface area contributed by atoms with Crippen LogP contribution in [0.4, 0.5) is 0 Å². The molecule has 0 aromatic carbocycles. The van der Waals surface area contributed by atoms with Crippen LogP contribution in [0, 0.1) is 5.92 Å². The Kier molecular flexibility index (Phi) is 2.77. The minimum atomic E-state index is -0.728. The highest BCUT2D eigenvalue weighted by atomic mass is 16.4. The SMILES string of the molecule is CCc1occc1C1CNCC1C(=O)O. The van der Waals surface area contributed by atoms with E-state index in [4.69, 9.17) is 9.52 Å². The molecule has 2 unspecified atom stereocenters. The number of hydrogen-bond donors (Lipinski definition) is 2. The molecule has 1 aromatic heterocycles. The lowest BCUT2D eigenvalue weighted by atomic mass is 9.89. The molecule has 0 radical (unpaired) electrons. The Labute approximate surface area is 88.3 Å². The molecule has 2 heterocycles. The zero-order chi connectivity index (χ0) is 10.8. The topological polar surface area (TPSA) is 62.5 Å². The third-order valence-electron chi connectivity index (χ3n) is 3.03. The molecule has 1 saturated heterocycles. The summed E-state index contributed by atoms with van der Waals surface area (Å²) in [6.45, 7) is 3.29. The van der Waals surface area contributed by atoms with Gasteiger partial charge in [0.25, 0.3) is 0 Å². The van der Waals surface area contributed by atoms with E-state index in [-0.39, 0.29) is 11.8 Å². The molecule has 4 nitrogen and oxygen atoms in total. The van der Waals surface area contributed by atoms with Gasteiger partial charge < -0.3 is 14.8 Å². The van der Waals surface area contributed by atoms with Crippen molar-refractivity contribution in [1.29, 1.82) is 0 Å². The van der Waals surface area contributed by atoms with Crippen molar-refractivity contribution in [1.82, 2.24) is 5.32 Å². The van der Waals surface area contributed by atoms with Gasteiger partial charge in [0.2, 0.25) is 0 Å². The van der Waals surface area contributed by atoms with Gasteiger partial charge in [0, 0.05) is 25.4 Å². The molecule has 0 saturated carbocycles. The summed E-state index contributed by atoms with van der Waals surface area (Å²) in [7, 11) is 0. The number of hydrogen-bond acceptors (Lipinski definition) is 3. The molecule has 0 bridgehead atoms. The molecule has 1 aliphatic rings. The second kappa shape index (κ2) is 4.06. The Morgan fingerprint density at radius 3 is 3.13 bits per heavy atom. The van der Waals surface area contributed by atoms with Crippen LogP contribution >= 0.6 is 0 Å². The largest absolute Gasteiger partial charge is 0.481 e. The predicted octanol–water partition coefficient (Wildman–Crippen LogP) is 1.23. The maximum atomic E-state index is 11.0. The molecular weight excluding hydrogens is 194 g/mol. The highest BCUT2D eigenvalue weighted by molar-refractivity contribution is 5.72. The summed E-state index contributed by atoms with van der Waals surface area (Å²) < 4.78 is 5.33. The molecule has 0 amide bonds. The zero-order valence-electron chi connectivity index (χ0n) is 8.69. The molecule has 82 valence electrons. The molecule has 1 aliphatic heterocycles. The van der Waals surface area contributed by atoms with Gasteiger partial charge in [-0.3, -0.25) is 4.79 Å². The van der Waals surface area contributed by atoms with Gasteiger partial charge in [-0.2, -0.15) is 0 Å². The van der Waals surface area contributed by atoms with E-state index in [1.807, 2.05) is 13.0 Å². The Hall–Kier alpha value is -1.29. The van der Waals surface area contributed by atoms with E-state index in [1.54, 1.807) is 6.26 Å². The van der Waals surface area contributed by atoms with Gasteiger partial charge >= 0.3 is 5.97 Å². The van der Waals surface area contributed by atoms with Crippen molar-refractivity contribution in [2.75, 3.05) is 13.1 Å². The normalized spacial score (nSPS) is 25.7. The van der Waals surface area contributed by atoms with E-state index in [2.05, 4.69) is 5.32 Å². The quantitative estimate of drug-likeness (QED) is 0.786. The van der Waals surface area contributed by atoms with Crippen molar-refractivity contribution in [3.05, 3.63) is 23.7 Å². The van der Waals surface area contributed by atoms with Gasteiger partial charge in [0.05, 0.1) is 12.2 Å². The lowest BCUT2D eigenvalue weighted by molar-refractivity contribution is -0.141. The molecule has 2 N–H and O–H groups in total. The number of aryl methyl sites for hydroxylation is 1. The number of carbonyl (C=O) groups is 1. The fraction of sp³-hybridized carbons (Fsp3) is 0.545. The molecule has 0 spiro atoms. The fourth-order valence-electron chi connectivity index (χ4n) is 2.23. The summed E-state index contributed by atoms with van der Waals surface area (Å²) in [5.41, 5.74) is 1.05. The molecule has 1 aromatic rings. The second-order valence-corrected chi connectivity index (χ2v) is 3.86. The lowest BCUT2D eigenvalue weighted by Crippen LogP contribution is -2.21. The molecular formula is C11H15NO3. The number of nitrogens with one attached hydrogen (secondary N) is 1. The molecule has 2 rings (SSSR count). The van der Waals surface area contributed by atoms with Gasteiger partial charge in [-0.25, -0.2) is 0 Å². The van der Waals surface area contributed by atoms with Crippen molar-refractivity contribution in [2.24, 2.45) is 5.92 Å². The maximum Gasteiger partial charge on any atom is 0.308 e. The van der Waals surface area contributed by atoms with E-state index in [1.165, 1.54) is 0 Å². The van der Waals surface area contributed by atoms with Gasteiger partial charge in [-0.1, -0.05) is 6.92 Å². The Morgan fingerprint density at radius 1 is 1.67 bits per heavy atom. The van der Waals surface area contributed by atoms with Crippen LogP contribution in [0.1, 0.15) is 24.2 Å². The first-order valence-corrected chi connectivity index (χ1v) is 5.23. The summed E-state index contributed by atoms with van der Waals surface area (Å²) in [6, 6.07) is 1.90. The van der Waals surface area contributed by atoms with Gasteiger partial charge in [0.15, 0.2) is 0 Å².